The fourth-order valence-electron chi connectivity index (χ4n) is 2.83. The second-order valence-corrected chi connectivity index (χ2v) is 7.41. The van der Waals surface area contributed by atoms with Gasteiger partial charge in [0.15, 0.2) is 9.84 Å². The Morgan fingerprint density at radius 1 is 1.53 bits per heavy atom. The van der Waals surface area contributed by atoms with Gasteiger partial charge in [0.1, 0.15) is 0 Å². The molecule has 1 saturated heterocycles. The van der Waals surface area contributed by atoms with Crippen molar-refractivity contribution in [2.75, 3.05) is 18.1 Å². The van der Waals surface area contributed by atoms with Gasteiger partial charge in [0.05, 0.1) is 23.2 Å². The van der Waals surface area contributed by atoms with Crippen LogP contribution in [0.1, 0.15) is 38.4 Å². The zero-order valence-corrected chi connectivity index (χ0v) is 12.5. The van der Waals surface area contributed by atoms with Gasteiger partial charge in [-0.1, -0.05) is 13.8 Å². The molecule has 1 aromatic heterocycles. The third kappa shape index (κ3) is 3.36. The first-order chi connectivity index (χ1) is 9.07. The highest BCUT2D eigenvalue weighted by molar-refractivity contribution is 7.91. The third-order valence-electron chi connectivity index (χ3n) is 3.67. The van der Waals surface area contributed by atoms with E-state index in [1.807, 2.05) is 10.7 Å². The summed E-state index contributed by atoms with van der Waals surface area (Å²) in [6.07, 6.45) is 3.58. The van der Waals surface area contributed by atoms with Crippen molar-refractivity contribution in [3.63, 3.8) is 0 Å². The van der Waals surface area contributed by atoms with Gasteiger partial charge in [0, 0.05) is 12.7 Å². The van der Waals surface area contributed by atoms with Gasteiger partial charge in [-0.3, -0.25) is 4.68 Å². The van der Waals surface area contributed by atoms with E-state index in [9.17, 15) is 8.42 Å². The van der Waals surface area contributed by atoms with Crippen LogP contribution in [0.3, 0.4) is 0 Å². The average molecular weight is 285 g/mol. The van der Waals surface area contributed by atoms with E-state index < -0.39 is 9.84 Å². The number of hydrogen-bond donors (Lipinski definition) is 1. The number of nitrogens with zero attached hydrogens (tertiary/aromatic N) is 2. The maximum Gasteiger partial charge on any atom is 0.150 e. The van der Waals surface area contributed by atoms with Crippen LogP contribution >= 0.6 is 0 Å². The predicted molar refractivity (Wildman–Crippen MR) is 75.7 cm³/mol. The highest BCUT2D eigenvalue weighted by Gasteiger charge is 2.35. The number of rotatable bonds is 6. The Labute approximate surface area is 115 Å². The van der Waals surface area contributed by atoms with E-state index in [0.29, 0.717) is 11.5 Å². The van der Waals surface area contributed by atoms with Crippen LogP contribution in [-0.2, 0) is 16.4 Å². The summed E-state index contributed by atoms with van der Waals surface area (Å²) in [5, 5.41) is 7.78. The quantitative estimate of drug-likeness (QED) is 0.857. The van der Waals surface area contributed by atoms with Crippen LogP contribution in [0, 0.1) is 5.92 Å². The second kappa shape index (κ2) is 6.05. The predicted octanol–water partition coefficient (Wildman–Crippen LogP) is 1.38. The van der Waals surface area contributed by atoms with Gasteiger partial charge in [-0.15, -0.1) is 0 Å². The molecule has 0 radical (unpaired) electrons. The van der Waals surface area contributed by atoms with Crippen molar-refractivity contribution >= 4 is 9.84 Å². The molecule has 1 aliphatic rings. The van der Waals surface area contributed by atoms with Crippen molar-refractivity contribution in [1.82, 2.24) is 15.1 Å². The molecule has 0 aliphatic carbocycles. The van der Waals surface area contributed by atoms with Crippen LogP contribution in [0.25, 0.3) is 0 Å². The Kier molecular flexibility index (Phi) is 4.62. The van der Waals surface area contributed by atoms with Crippen LogP contribution in [0.5, 0.6) is 0 Å². The van der Waals surface area contributed by atoms with Gasteiger partial charge in [-0.2, -0.15) is 5.10 Å². The van der Waals surface area contributed by atoms with Gasteiger partial charge in [0.25, 0.3) is 0 Å². The molecule has 1 fully saturated rings. The molecule has 1 aromatic rings. The van der Waals surface area contributed by atoms with Crippen LogP contribution in [0.2, 0.25) is 0 Å². The van der Waals surface area contributed by atoms with Crippen molar-refractivity contribution in [3.8, 4) is 0 Å². The molecule has 2 rings (SSSR count). The molecule has 1 aliphatic heterocycles. The normalized spacial score (nSPS) is 23.6. The van der Waals surface area contributed by atoms with E-state index in [2.05, 4.69) is 24.3 Å². The van der Waals surface area contributed by atoms with Gasteiger partial charge >= 0.3 is 0 Å². The third-order valence-corrected chi connectivity index (χ3v) is 5.46. The SMILES string of the molecule is CCCn1nccc1C(NCC)C1CCS(=O)(=O)C1. The van der Waals surface area contributed by atoms with Crippen molar-refractivity contribution in [2.45, 2.75) is 39.3 Å². The molecule has 19 heavy (non-hydrogen) atoms. The minimum absolute atomic E-state index is 0.0938. The molecule has 108 valence electrons. The van der Waals surface area contributed by atoms with E-state index in [-0.39, 0.29) is 12.0 Å². The second-order valence-electron chi connectivity index (χ2n) is 5.18. The number of aromatic nitrogens is 2. The lowest BCUT2D eigenvalue weighted by Crippen LogP contribution is -2.31. The minimum atomic E-state index is -2.84. The summed E-state index contributed by atoms with van der Waals surface area (Å²) in [5.41, 5.74) is 1.12. The van der Waals surface area contributed by atoms with E-state index in [4.69, 9.17) is 0 Å². The number of nitrogens with one attached hydrogen (secondary N) is 1. The van der Waals surface area contributed by atoms with E-state index in [1.165, 1.54) is 0 Å². The number of hydrogen-bond acceptors (Lipinski definition) is 4. The lowest BCUT2D eigenvalue weighted by molar-refractivity contribution is 0.371. The van der Waals surface area contributed by atoms with Crippen molar-refractivity contribution in [3.05, 3.63) is 18.0 Å². The molecule has 0 aromatic carbocycles. The zero-order valence-electron chi connectivity index (χ0n) is 11.7. The molecule has 0 bridgehead atoms. The fourth-order valence-corrected chi connectivity index (χ4v) is 4.67. The summed E-state index contributed by atoms with van der Waals surface area (Å²) in [7, 11) is -2.84. The summed E-state index contributed by atoms with van der Waals surface area (Å²) in [6.45, 7) is 5.88. The molecular formula is C13H23N3O2S. The van der Waals surface area contributed by atoms with Gasteiger partial charge in [-0.25, -0.2) is 8.42 Å². The molecule has 5 nitrogen and oxygen atoms in total. The first-order valence-electron chi connectivity index (χ1n) is 7.03. The summed E-state index contributed by atoms with van der Waals surface area (Å²) in [5.74, 6) is 0.779. The van der Waals surface area contributed by atoms with Gasteiger partial charge in [-0.05, 0) is 31.4 Å². The van der Waals surface area contributed by atoms with Crippen LogP contribution in [0.4, 0.5) is 0 Å². The van der Waals surface area contributed by atoms with E-state index in [0.717, 1.165) is 31.6 Å². The molecule has 2 atom stereocenters. The Morgan fingerprint density at radius 3 is 2.89 bits per heavy atom. The Morgan fingerprint density at radius 2 is 2.32 bits per heavy atom. The Hall–Kier alpha value is -0.880. The molecule has 0 amide bonds. The minimum Gasteiger partial charge on any atom is -0.309 e. The highest BCUT2D eigenvalue weighted by atomic mass is 32.2. The maximum absolute atomic E-state index is 11.7. The van der Waals surface area contributed by atoms with Gasteiger partial charge < -0.3 is 5.32 Å². The molecule has 6 heteroatoms. The van der Waals surface area contributed by atoms with E-state index in [1.54, 1.807) is 6.20 Å². The summed E-state index contributed by atoms with van der Waals surface area (Å²) >= 11 is 0. The Bertz CT molecular complexity index is 510. The lowest BCUT2D eigenvalue weighted by atomic mass is 9.96. The molecule has 2 unspecified atom stereocenters. The molecule has 0 saturated carbocycles. The van der Waals surface area contributed by atoms with E-state index >= 15 is 0 Å². The first kappa shape index (κ1) is 14.5. The van der Waals surface area contributed by atoms with Crippen LogP contribution in [-0.4, -0.2) is 36.2 Å². The maximum atomic E-state index is 11.7. The zero-order chi connectivity index (χ0) is 13.9. The summed E-state index contributed by atoms with van der Waals surface area (Å²) < 4.78 is 25.4. The van der Waals surface area contributed by atoms with Crippen molar-refractivity contribution in [1.29, 1.82) is 0 Å². The van der Waals surface area contributed by atoms with Crippen LogP contribution < -0.4 is 5.32 Å². The number of sulfone groups is 1. The van der Waals surface area contributed by atoms with Crippen molar-refractivity contribution < 1.29 is 8.42 Å². The molecule has 2 heterocycles. The highest BCUT2D eigenvalue weighted by Crippen LogP contribution is 2.31. The molecular weight excluding hydrogens is 262 g/mol. The van der Waals surface area contributed by atoms with Crippen LogP contribution in [0.15, 0.2) is 12.3 Å². The fraction of sp³-hybridized carbons (Fsp3) is 0.769. The van der Waals surface area contributed by atoms with Crippen molar-refractivity contribution in [2.24, 2.45) is 5.92 Å². The molecule has 0 spiro atoms. The number of aryl methyl sites for hydroxylation is 1. The summed E-state index contributed by atoms with van der Waals surface area (Å²) in [6, 6.07) is 2.10. The largest absolute Gasteiger partial charge is 0.309 e. The average Bonchev–Trinajstić information content (AvgIpc) is 2.93. The molecule has 1 N–H and O–H groups in total. The first-order valence-corrected chi connectivity index (χ1v) is 8.85. The Balaban J connectivity index is 2.22. The standard InChI is InChI=1S/C13H23N3O2S/c1-3-8-16-12(5-7-15-16)13(14-4-2)11-6-9-19(17,18)10-11/h5,7,11,13-14H,3-4,6,8-10H2,1-2H3. The lowest BCUT2D eigenvalue weighted by Gasteiger charge is -2.24. The van der Waals surface area contributed by atoms with Gasteiger partial charge in [0.2, 0.25) is 0 Å². The summed E-state index contributed by atoms with van der Waals surface area (Å²) in [4.78, 5) is 0. The topological polar surface area (TPSA) is 64.0 Å². The monoisotopic (exact) mass is 285 g/mol. The smallest absolute Gasteiger partial charge is 0.150 e.